The predicted molar refractivity (Wildman–Crippen MR) is 80.8 cm³/mol. The van der Waals surface area contributed by atoms with Gasteiger partial charge in [-0.05, 0) is 25.5 Å². The molecule has 2 aliphatic heterocycles. The van der Waals surface area contributed by atoms with Crippen LogP contribution >= 0.6 is 12.4 Å². The number of piperazine rings is 1. The summed E-state index contributed by atoms with van der Waals surface area (Å²) < 4.78 is 37.7. The Bertz CT molecular complexity index is 635. The van der Waals surface area contributed by atoms with Gasteiger partial charge in [0.05, 0.1) is 4.90 Å². The van der Waals surface area contributed by atoms with Crippen molar-refractivity contribution in [3.05, 3.63) is 17.7 Å². The lowest BCUT2D eigenvalue weighted by atomic mass is 10.2. The highest BCUT2D eigenvalue weighted by atomic mass is 35.5. The van der Waals surface area contributed by atoms with Crippen molar-refractivity contribution in [2.75, 3.05) is 26.4 Å². The second-order valence-corrected chi connectivity index (χ2v) is 7.00. The Labute approximate surface area is 130 Å². The van der Waals surface area contributed by atoms with Crippen molar-refractivity contribution in [1.82, 2.24) is 9.62 Å². The Morgan fingerprint density at radius 1 is 1.29 bits per heavy atom. The van der Waals surface area contributed by atoms with E-state index in [0.717, 1.165) is 0 Å². The molecule has 6 nitrogen and oxygen atoms in total. The molecule has 3 rings (SSSR count). The molecule has 0 spiro atoms. The first kappa shape index (κ1) is 16.4. The number of hydrogen-bond acceptors (Lipinski definition) is 5. The highest BCUT2D eigenvalue weighted by Gasteiger charge is 2.33. The molecule has 0 aromatic heterocycles. The summed E-state index contributed by atoms with van der Waals surface area (Å²) in [6.07, 6.45) is 0. The maximum atomic E-state index is 12.8. The van der Waals surface area contributed by atoms with Crippen LogP contribution in [0.25, 0.3) is 0 Å². The monoisotopic (exact) mass is 334 g/mol. The Kier molecular flexibility index (Phi) is 4.67. The van der Waals surface area contributed by atoms with E-state index in [0.29, 0.717) is 41.6 Å². The van der Waals surface area contributed by atoms with Gasteiger partial charge in [0.1, 0.15) is 0 Å². The second-order valence-electron chi connectivity index (χ2n) is 5.14. The molecule has 8 heteroatoms. The topological polar surface area (TPSA) is 67.9 Å². The third-order valence-electron chi connectivity index (χ3n) is 3.70. The minimum absolute atomic E-state index is 0. The molecule has 0 unspecified atom stereocenters. The van der Waals surface area contributed by atoms with Crippen molar-refractivity contribution in [3.63, 3.8) is 0 Å². The quantitative estimate of drug-likeness (QED) is 0.878. The fraction of sp³-hybridized carbons (Fsp3) is 0.538. The minimum Gasteiger partial charge on any atom is -0.454 e. The smallest absolute Gasteiger partial charge is 0.243 e. The maximum Gasteiger partial charge on any atom is 0.243 e. The van der Waals surface area contributed by atoms with E-state index in [4.69, 9.17) is 9.47 Å². The summed E-state index contributed by atoms with van der Waals surface area (Å²) in [6, 6.07) is 3.24. The van der Waals surface area contributed by atoms with Gasteiger partial charge in [-0.15, -0.1) is 12.4 Å². The molecular formula is C13H19ClN2O4S. The molecule has 2 aliphatic rings. The number of ether oxygens (including phenoxy) is 2. The van der Waals surface area contributed by atoms with Gasteiger partial charge in [-0.2, -0.15) is 4.31 Å². The highest BCUT2D eigenvalue weighted by Crippen LogP contribution is 2.37. The number of aryl methyl sites for hydroxylation is 1. The van der Waals surface area contributed by atoms with Gasteiger partial charge in [0, 0.05) is 31.7 Å². The summed E-state index contributed by atoms with van der Waals surface area (Å²) in [5, 5.41) is 3.19. The third-order valence-corrected chi connectivity index (χ3v) is 5.85. The summed E-state index contributed by atoms with van der Waals surface area (Å²) in [7, 11) is -3.51. The predicted octanol–water partition coefficient (Wildman–Crippen LogP) is 1.13. The summed E-state index contributed by atoms with van der Waals surface area (Å²) in [4.78, 5) is 0.301. The lowest BCUT2D eigenvalue weighted by Crippen LogP contribution is -2.52. The van der Waals surface area contributed by atoms with E-state index in [1.165, 1.54) is 0 Å². The van der Waals surface area contributed by atoms with Crippen molar-refractivity contribution in [2.45, 2.75) is 24.8 Å². The first-order chi connectivity index (χ1) is 9.50. The van der Waals surface area contributed by atoms with E-state index in [1.54, 1.807) is 23.4 Å². The lowest BCUT2D eigenvalue weighted by Gasteiger charge is -2.33. The zero-order valence-corrected chi connectivity index (χ0v) is 13.6. The van der Waals surface area contributed by atoms with Gasteiger partial charge in [-0.3, -0.25) is 0 Å². The van der Waals surface area contributed by atoms with Crippen molar-refractivity contribution < 1.29 is 17.9 Å². The molecule has 1 aromatic carbocycles. The number of benzene rings is 1. The Morgan fingerprint density at radius 2 is 1.95 bits per heavy atom. The Hall–Kier alpha value is -1.02. The maximum absolute atomic E-state index is 12.8. The van der Waals surface area contributed by atoms with Crippen LogP contribution in [0.4, 0.5) is 0 Å². The first-order valence-electron chi connectivity index (χ1n) is 6.63. The fourth-order valence-corrected chi connectivity index (χ4v) is 4.46. The van der Waals surface area contributed by atoms with Gasteiger partial charge in [0.25, 0.3) is 0 Å². The van der Waals surface area contributed by atoms with Crippen LogP contribution in [0.3, 0.4) is 0 Å². The van der Waals surface area contributed by atoms with E-state index in [-0.39, 0.29) is 25.2 Å². The van der Waals surface area contributed by atoms with E-state index < -0.39 is 10.0 Å². The van der Waals surface area contributed by atoms with Crippen molar-refractivity contribution >= 4 is 22.4 Å². The van der Waals surface area contributed by atoms with Crippen LogP contribution in [-0.4, -0.2) is 45.2 Å². The van der Waals surface area contributed by atoms with Gasteiger partial charge < -0.3 is 14.8 Å². The number of nitrogens with zero attached hydrogens (tertiary/aromatic N) is 1. The minimum atomic E-state index is -3.51. The van der Waals surface area contributed by atoms with E-state index in [9.17, 15) is 8.42 Å². The summed E-state index contributed by atoms with van der Waals surface area (Å²) in [5.74, 6) is 1.10. The summed E-state index contributed by atoms with van der Waals surface area (Å²) in [5.41, 5.74) is 0.681. The van der Waals surface area contributed by atoms with Crippen molar-refractivity contribution in [2.24, 2.45) is 0 Å². The van der Waals surface area contributed by atoms with Crippen LogP contribution in [0.15, 0.2) is 17.0 Å². The van der Waals surface area contributed by atoms with Gasteiger partial charge in [-0.1, -0.05) is 0 Å². The van der Waals surface area contributed by atoms with Crippen LogP contribution in [0, 0.1) is 6.92 Å². The molecule has 118 valence electrons. The zero-order valence-electron chi connectivity index (χ0n) is 12.0. The molecular weight excluding hydrogens is 316 g/mol. The molecule has 1 aromatic rings. The molecule has 21 heavy (non-hydrogen) atoms. The largest absolute Gasteiger partial charge is 0.454 e. The van der Waals surface area contributed by atoms with E-state index in [1.807, 2.05) is 6.92 Å². The number of nitrogens with one attached hydrogen (secondary N) is 1. The van der Waals surface area contributed by atoms with Gasteiger partial charge in [0.2, 0.25) is 16.8 Å². The van der Waals surface area contributed by atoms with E-state index in [2.05, 4.69) is 5.32 Å². The molecule has 1 fully saturated rings. The molecule has 1 atom stereocenters. The molecule has 0 radical (unpaired) electrons. The van der Waals surface area contributed by atoms with Crippen molar-refractivity contribution in [3.8, 4) is 11.5 Å². The Morgan fingerprint density at radius 3 is 2.62 bits per heavy atom. The van der Waals surface area contributed by atoms with E-state index >= 15 is 0 Å². The molecule has 1 N–H and O–H groups in total. The van der Waals surface area contributed by atoms with Crippen LogP contribution in [0.5, 0.6) is 11.5 Å². The number of halogens is 1. The highest BCUT2D eigenvalue weighted by molar-refractivity contribution is 7.89. The van der Waals surface area contributed by atoms with Gasteiger partial charge in [0.15, 0.2) is 11.5 Å². The second kappa shape index (κ2) is 6.00. The molecule has 0 bridgehead atoms. The number of sulfonamides is 1. The third kappa shape index (κ3) is 2.83. The summed E-state index contributed by atoms with van der Waals surface area (Å²) >= 11 is 0. The SMILES string of the molecule is Cc1cc2c(cc1S(=O)(=O)N1CCNC[C@@H]1C)OCO2.Cl. The average Bonchev–Trinajstić information content (AvgIpc) is 2.85. The molecule has 0 saturated carbocycles. The molecule has 0 amide bonds. The molecule has 0 aliphatic carbocycles. The fourth-order valence-electron chi connectivity index (χ4n) is 2.61. The first-order valence-corrected chi connectivity index (χ1v) is 8.07. The van der Waals surface area contributed by atoms with Crippen LogP contribution in [0.2, 0.25) is 0 Å². The normalized spacial score (nSPS) is 21.9. The standard InChI is InChI=1S/C13H18N2O4S.ClH/c1-9-5-11-12(19-8-18-11)6-13(9)20(16,17)15-4-3-14-7-10(15)2;/h5-6,10,14H,3-4,7-8H2,1-2H3;1H/t10-;/m0./s1. The Balaban J connectivity index is 0.00000161. The molecule has 2 heterocycles. The number of rotatable bonds is 2. The van der Waals surface area contributed by atoms with Crippen molar-refractivity contribution in [1.29, 1.82) is 0 Å². The number of hydrogen-bond donors (Lipinski definition) is 1. The van der Waals surface area contributed by atoms with Gasteiger partial charge in [-0.25, -0.2) is 8.42 Å². The summed E-state index contributed by atoms with van der Waals surface area (Å²) in [6.45, 7) is 5.66. The van der Waals surface area contributed by atoms with Crippen LogP contribution < -0.4 is 14.8 Å². The van der Waals surface area contributed by atoms with Crippen LogP contribution in [-0.2, 0) is 10.0 Å². The van der Waals surface area contributed by atoms with Crippen LogP contribution in [0.1, 0.15) is 12.5 Å². The molecule has 1 saturated heterocycles. The lowest BCUT2D eigenvalue weighted by molar-refractivity contribution is 0.174. The average molecular weight is 335 g/mol. The zero-order chi connectivity index (χ0) is 14.3. The van der Waals surface area contributed by atoms with Gasteiger partial charge >= 0.3 is 0 Å². The number of fused-ring (bicyclic) bond motifs is 1.